The molecule has 44 valence electrons. The third kappa shape index (κ3) is 1.16. The molecule has 0 unspecified atom stereocenters. The first-order valence-corrected chi connectivity index (χ1v) is 2.71. The lowest BCUT2D eigenvalue weighted by Crippen LogP contribution is -2.12. The topological polar surface area (TPSA) is 30.0 Å². The van der Waals surface area contributed by atoms with Gasteiger partial charge in [-0.05, 0) is 12.1 Å². The van der Waals surface area contributed by atoms with Crippen molar-refractivity contribution in [2.45, 2.75) is 0 Å². The highest BCUT2D eigenvalue weighted by Gasteiger charge is 1.91. The number of pyridine rings is 1. The van der Waals surface area contributed by atoms with Crippen LogP contribution in [0, 0.1) is 0 Å². The second-order valence-electron chi connectivity index (χ2n) is 1.80. The van der Waals surface area contributed by atoms with Crippen LogP contribution < -0.4 is 5.59 Å². The van der Waals surface area contributed by atoms with E-state index in [4.69, 9.17) is 0 Å². The Morgan fingerprint density at radius 2 is 2.44 bits per heavy atom. The molecule has 0 saturated heterocycles. The van der Waals surface area contributed by atoms with Crippen LogP contribution in [0.2, 0.25) is 0 Å². The molecule has 0 amide bonds. The summed E-state index contributed by atoms with van der Waals surface area (Å²) in [4.78, 5) is 14.1. The van der Waals surface area contributed by atoms with Crippen molar-refractivity contribution in [3.63, 3.8) is 0 Å². The molecule has 2 nitrogen and oxygen atoms in total. The lowest BCUT2D eigenvalue weighted by atomic mass is 9.99. The van der Waals surface area contributed by atoms with Crippen LogP contribution in [0.15, 0.2) is 18.3 Å². The van der Waals surface area contributed by atoms with Gasteiger partial charge in [-0.3, -0.25) is 9.78 Å². The quantitative estimate of drug-likeness (QED) is 0.356. The van der Waals surface area contributed by atoms with Gasteiger partial charge in [-0.15, -0.1) is 0 Å². The minimum Gasteiger partial charge on any atom is -0.298 e. The summed E-state index contributed by atoms with van der Waals surface area (Å²) in [5, 5.41) is 0. The van der Waals surface area contributed by atoms with Crippen molar-refractivity contribution >= 4 is 19.7 Å². The number of carbonyl (C=O) groups excluding carboxylic acids is 1. The van der Waals surface area contributed by atoms with Crippen molar-refractivity contribution in [2.24, 2.45) is 0 Å². The van der Waals surface area contributed by atoms with Gasteiger partial charge in [0, 0.05) is 17.4 Å². The van der Waals surface area contributed by atoms with Gasteiger partial charge in [-0.2, -0.15) is 0 Å². The first kappa shape index (κ1) is 6.01. The monoisotopic (exact) mass is 119 g/mol. The van der Waals surface area contributed by atoms with Crippen molar-refractivity contribution in [2.75, 3.05) is 0 Å². The maximum absolute atomic E-state index is 10.2. The highest BCUT2D eigenvalue weighted by atomic mass is 16.1. The van der Waals surface area contributed by atoms with Crippen molar-refractivity contribution in [1.82, 2.24) is 4.98 Å². The summed E-state index contributed by atoms with van der Waals surface area (Å²) < 4.78 is 0. The Morgan fingerprint density at radius 1 is 1.67 bits per heavy atom. The van der Waals surface area contributed by atoms with Crippen molar-refractivity contribution in [3.05, 3.63) is 23.9 Å². The van der Waals surface area contributed by atoms with Gasteiger partial charge in [0.05, 0.1) is 0 Å². The summed E-state index contributed by atoms with van der Waals surface area (Å²) in [6, 6.07) is 3.49. The smallest absolute Gasteiger partial charge is 0.164 e. The summed E-state index contributed by atoms with van der Waals surface area (Å²) >= 11 is 0. The van der Waals surface area contributed by atoms with Crippen molar-refractivity contribution in [1.29, 1.82) is 0 Å². The third-order valence-electron chi connectivity index (χ3n) is 1.17. The zero-order valence-electron chi connectivity index (χ0n) is 5.16. The van der Waals surface area contributed by atoms with Crippen molar-refractivity contribution in [3.8, 4) is 0 Å². The van der Waals surface area contributed by atoms with Crippen LogP contribution in [0.25, 0.3) is 0 Å². The first-order chi connectivity index (χ1) is 4.34. The van der Waals surface area contributed by atoms with Gasteiger partial charge in [0.25, 0.3) is 0 Å². The highest BCUT2D eigenvalue weighted by molar-refractivity contribution is 6.33. The van der Waals surface area contributed by atoms with E-state index in [1.54, 1.807) is 18.3 Å². The van der Waals surface area contributed by atoms with E-state index in [0.717, 1.165) is 11.9 Å². The molecule has 1 aromatic heterocycles. The Kier molecular flexibility index (Phi) is 1.63. The molecule has 0 aliphatic rings. The van der Waals surface area contributed by atoms with Gasteiger partial charge < -0.3 is 0 Å². The van der Waals surface area contributed by atoms with Gasteiger partial charge in [-0.1, -0.05) is 0 Å². The molecule has 0 aliphatic carbocycles. The summed E-state index contributed by atoms with van der Waals surface area (Å²) in [7, 11) is 1.81. The molecule has 0 spiro atoms. The fourth-order valence-corrected chi connectivity index (χ4v) is 0.621. The first-order valence-electron chi connectivity index (χ1n) is 2.71. The van der Waals surface area contributed by atoms with Crippen LogP contribution in [0.5, 0.6) is 0 Å². The van der Waals surface area contributed by atoms with Crippen LogP contribution in [-0.4, -0.2) is 19.1 Å². The van der Waals surface area contributed by atoms with Crippen LogP contribution in [0.3, 0.4) is 0 Å². The Hall–Kier alpha value is -1.12. The second kappa shape index (κ2) is 2.44. The molecule has 1 rings (SSSR count). The van der Waals surface area contributed by atoms with E-state index in [1.807, 2.05) is 7.85 Å². The summed E-state index contributed by atoms with van der Waals surface area (Å²) in [6.45, 7) is 0. The Balaban J connectivity index is 3.15. The predicted molar refractivity (Wildman–Crippen MR) is 37.8 cm³/mol. The molecular formula is C6H6BNO. The van der Waals surface area contributed by atoms with Gasteiger partial charge in [0.1, 0.15) is 0 Å². The van der Waals surface area contributed by atoms with E-state index in [9.17, 15) is 4.79 Å². The molecule has 0 fully saturated rings. The van der Waals surface area contributed by atoms with Crippen LogP contribution in [0.1, 0.15) is 10.4 Å². The van der Waals surface area contributed by atoms with E-state index in [2.05, 4.69) is 4.98 Å². The number of carbonyl (C=O) groups is 1. The Labute approximate surface area is 54.3 Å². The molecule has 1 aromatic rings. The fourth-order valence-electron chi connectivity index (χ4n) is 0.621. The van der Waals surface area contributed by atoms with Crippen LogP contribution in [-0.2, 0) is 0 Å². The van der Waals surface area contributed by atoms with Crippen molar-refractivity contribution < 1.29 is 4.79 Å². The summed E-state index contributed by atoms with van der Waals surface area (Å²) in [5.74, 6) is 0. The largest absolute Gasteiger partial charge is 0.298 e. The number of rotatable bonds is 1. The molecule has 0 radical (unpaired) electrons. The van der Waals surface area contributed by atoms with E-state index >= 15 is 0 Å². The number of hydrogen-bond donors (Lipinski definition) is 0. The second-order valence-corrected chi connectivity index (χ2v) is 1.80. The zero-order chi connectivity index (χ0) is 6.69. The summed E-state index contributed by atoms with van der Waals surface area (Å²) in [6.07, 6.45) is 2.48. The average Bonchev–Trinajstić information content (AvgIpc) is 1.89. The van der Waals surface area contributed by atoms with E-state index in [0.29, 0.717) is 5.56 Å². The normalized spacial score (nSPS) is 8.89. The van der Waals surface area contributed by atoms with E-state index in [1.165, 1.54) is 0 Å². The maximum atomic E-state index is 10.2. The van der Waals surface area contributed by atoms with Gasteiger partial charge in [-0.25, -0.2) is 0 Å². The number of nitrogens with zero attached hydrogens (tertiary/aromatic N) is 1. The zero-order valence-corrected chi connectivity index (χ0v) is 5.16. The molecule has 3 heteroatoms. The average molecular weight is 119 g/mol. The van der Waals surface area contributed by atoms with Crippen LogP contribution >= 0.6 is 0 Å². The van der Waals surface area contributed by atoms with Gasteiger partial charge in [0.15, 0.2) is 14.1 Å². The van der Waals surface area contributed by atoms with Gasteiger partial charge in [0.2, 0.25) is 0 Å². The standard InChI is InChI=1S/C6H6BNO/c7-6-5(4-9)2-1-3-8-6/h1-4H,7H2. The molecule has 0 aromatic carbocycles. The minimum absolute atomic E-state index is 0.664. The SMILES string of the molecule is Bc1ncccc1C=O. The molecule has 9 heavy (non-hydrogen) atoms. The molecule has 0 saturated carbocycles. The summed E-state index contributed by atoms with van der Waals surface area (Å²) in [5.41, 5.74) is 1.45. The van der Waals surface area contributed by atoms with E-state index < -0.39 is 0 Å². The number of hydrogen-bond acceptors (Lipinski definition) is 2. The number of aldehydes is 1. The Morgan fingerprint density at radius 3 is 2.89 bits per heavy atom. The maximum Gasteiger partial charge on any atom is 0.164 e. The van der Waals surface area contributed by atoms with Gasteiger partial charge >= 0.3 is 0 Å². The van der Waals surface area contributed by atoms with E-state index in [-0.39, 0.29) is 0 Å². The lowest BCUT2D eigenvalue weighted by Gasteiger charge is -1.91. The molecule has 0 atom stereocenters. The lowest BCUT2D eigenvalue weighted by molar-refractivity contribution is 0.112. The predicted octanol–water partition coefficient (Wildman–Crippen LogP) is -0.848. The van der Waals surface area contributed by atoms with Crippen LogP contribution in [0.4, 0.5) is 0 Å². The third-order valence-corrected chi connectivity index (χ3v) is 1.17. The molecular weight excluding hydrogens is 113 g/mol. The highest BCUT2D eigenvalue weighted by Crippen LogP contribution is 1.84. The molecule has 1 heterocycles. The fraction of sp³-hybridized carbons (Fsp3) is 0. The molecule has 0 aliphatic heterocycles. The Bertz CT molecular complexity index is 224. The number of aromatic nitrogens is 1. The minimum atomic E-state index is 0.664. The molecule has 0 bridgehead atoms. The molecule has 0 N–H and O–H groups in total.